The summed E-state index contributed by atoms with van der Waals surface area (Å²) in [6.07, 6.45) is 4.25. The van der Waals surface area contributed by atoms with E-state index < -0.39 is 0 Å². The molecule has 0 heterocycles. The summed E-state index contributed by atoms with van der Waals surface area (Å²) in [6.45, 7) is 4.68. The maximum Gasteiger partial charge on any atom is 0.243 e. The van der Waals surface area contributed by atoms with Crippen molar-refractivity contribution in [2.45, 2.75) is 26.7 Å². The number of amides is 1. The van der Waals surface area contributed by atoms with Gasteiger partial charge in [-0.2, -0.15) is 0 Å². The van der Waals surface area contributed by atoms with E-state index in [1.807, 2.05) is 13.8 Å². The van der Waals surface area contributed by atoms with Crippen LogP contribution in [0, 0.1) is 5.92 Å². The van der Waals surface area contributed by atoms with Gasteiger partial charge < -0.3 is 5.32 Å². The van der Waals surface area contributed by atoms with E-state index in [0.717, 1.165) is 0 Å². The lowest BCUT2D eigenvalue weighted by molar-refractivity contribution is -0.116. The summed E-state index contributed by atoms with van der Waals surface area (Å²) in [5.74, 6) is 0.759. The molecule has 0 saturated heterocycles. The lowest BCUT2D eigenvalue weighted by Gasteiger charge is -1.97. The molecular formula is C9H15NO. The normalized spacial score (nSPS) is 18.2. The van der Waals surface area contributed by atoms with Crippen LogP contribution < -0.4 is 5.32 Å². The highest BCUT2D eigenvalue weighted by Gasteiger charge is 2.23. The van der Waals surface area contributed by atoms with Crippen LogP contribution >= 0.6 is 0 Å². The van der Waals surface area contributed by atoms with E-state index >= 15 is 0 Å². The highest BCUT2D eigenvalue weighted by atomic mass is 16.1. The molecule has 0 spiro atoms. The van der Waals surface area contributed by atoms with Crippen LogP contribution in [0.5, 0.6) is 0 Å². The average molecular weight is 153 g/mol. The van der Waals surface area contributed by atoms with Crippen LogP contribution in [0.15, 0.2) is 11.6 Å². The lowest BCUT2D eigenvalue weighted by atomic mass is 10.2. The summed E-state index contributed by atoms with van der Waals surface area (Å²) >= 11 is 0. The van der Waals surface area contributed by atoms with Gasteiger partial charge in [-0.15, -0.1) is 0 Å². The van der Waals surface area contributed by atoms with E-state index in [-0.39, 0.29) is 5.91 Å². The number of carbonyl (C=O) groups is 1. The second-order valence-corrected chi connectivity index (χ2v) is 3.06. The van der Waals surface area contributed by atoms with Crippen molar-refractivity contribution in [2.75, 3.05) is 6.54 Å². The third-order valence-corrected chi connectivity index (χ3v) is 1.93. The molecule has 2 heteroatoms. The van der Waals surface area contributed by atoms with E-state index in [2.05, 4.69) is 5.32 Å². The molecule has 0 aromatic heterocycles. The topological polar surface area (TPSA) is 29.1 Å². The first kappa shape index (κ1) is 8.31. The van der Waals surface area contributed by atoms with Crippen molar-refractivity contribution in [3.8, 4) is 0 Å². The Hall–Kier alpha value is -0.790. The monoisotopic (exact) mass is 153 g/mol. The number of nitrogens with one attached hydrogen (secondary N) is 1. The number of allylic oxidation sites excluding steroid dienone is 1. The number of rotatable bonds is 3. The average Bonchev–Trinajstić information content (AvgIpc) is 2.67. The fourth-order valence-electron chi connectivity index (χ4n) is 1.09. The quantitative estimate of drug-likeness (QED) is 0.611. The van der Waals surface area contributed by atoms with Gasteiger partial charge in [0.05, 0.1) is 0 Å². The predicted octanol–water partition coefficient (Wildman–Crippen LogP) is 1.48. The third kappa shape index (κ3) is 2.74. The number of hydrogen-bond donors (Lipinski definition) is 1. The zero-order valence-electron chi connectivity index (χ0n) is 7.18. The van der Waals surface area contributed by atoms with Crippen molar-refractivity contribution in [1.29, 1.82) is 0 Å². The van der Waals surface area contributed by atoms with Crippen LogP contribution in [-0.4, -0.2) is 12.5 Å². The molecule has 0 unspecified atom stereocenters. The molecule has 0 atom stereocenters. The van der Waals surface area contributed by atoms with Gasteiger partial charge in [0.2, 0.25) is 5.91 Å². The minimum absolute atomic E-state index is 0.0527. The van der Waals surface area contributed by atoms with Crippen molar-refractivity contribution >= 4 is 5.91 Å². The highest BCUT2D eigenvalue weighted by molar-refractivity contribution is 5.88. The van der Waals surface area contributed by atoms with Crippen LogP contribution in [0.4, 0.5) is 0 Å². The fourth-order valence-corrected chi connectivity index (χ4v) is 1.09. The lowest BCUT2D eigenvalue weighted by Crippen LogP contribution is -2.20. The predicted molar refractivity (Wildman–Crippen MR) is 45.2 cm³/mol. The summed E-state index contributed by atoms with van der Waals surface area (Å²) in [4.78, 5) is 11.0. The van der Waals surface area contributed by atoms with Crippen molar-refractivity contribution in [2.24, 2.45) is 5.92 Å². The Morgan fingerprint density at radius 1 is 1.64 bits per heavy atom. The van der Waals surface area contributed by atoms with Crippen molar-refractivity contribution in [3.63, 3.8) is 0 Å². The zero-order chi connectivity index (χ0) is 8.27. The minimum Gasteiger partial charge on any atom is -0.353 e. The first-order chi connectivity index (χ1) is 5.24. The Morgan fingerprint density at radius 3 is 2.73 bits per heavy atom. The number of carbonyl (C=O) groups excluding carboxylic acids is 1. The fraction of sp³-hybridized carbons (Fsp3) is 0.667. The SMILES string of the molecule is CCNC(=O)/C=C(\C)C1CC1. The summed E-state index contributed by atoms with van der Waals surface area (Å²) in [5, 5.41) is 2.74. The molecule has 62 valence electrons. The Kier molecular flexibility index (Phi) is 2.69. The van der Waals surface area contributed by atoms with Gasteiger partial charge in [0, 0.05) is 12.6 Å². The van der Waals surface area contributed by atoms with Gasteiger partial charge in [-0.1, -0.05) is 5.57 Å². The number of hydrogen-bond acceptors (Lipinski definition) is 1. The first-order valence-electron chi connectivity index (χ1n) is 4.20. The molecule has 1 fully saturated rings. The summed E-state index contributed by atoms with van der Waals surface area (Å²) in [5.41, 5.74) is 1.23. The van der Waals surface area contributed by atoms with Crippen LogP contribution in [0.25, 0.3) is 0 Å². The van der Waals surface area contributed by atoms with Gasteiger partial charge >= 0.3 is 0 Å². The Bertz CT molecular complexity index is 180. The first-order valence-corrected chi connectivity index (χ1v) is 4.20. The summed E-state index contributed by atoms with van der Waals surface area (Å²) in [6, 6.07) is 0. The van der Waals surface area contributed by atoms with Gasteiger partial charge in [-0.05, 0) is 32.6 Å². The molecule has 1 aliphatic carbocycles. The Morgan fingerprint density at radius 2 is 2.27 bits per heavy atom. The molecule has 0 aliphatic heterocycles. The molecule has 0 radical (unpaired) electrons. The third-order valence-electron chi connectivity index (χ3n) is 1.93. The standard InChI is InChI=1S/C9H15NO/c1-3-10-9(11)6-7(2)8-4-5-8/h6,8H,3-5H2,1-2H3,(H,10,11)/b7-6+. The maximum atomic E-state index is 11.0. The van der Waals surface area contributed by atoms with Gasteiger partial charge in [0.15, 0.2) is 0 Å². The highest BCUT2D eigenvalue weighted by Crippen LogP contribution is 2.35. The van der Waals surface area contributed by atoms with E-state index in [1.165, 1.54) is 18.4 Å². The molecule has 1 rings (SSSR count). The van der Waals surface area contributed by atoms with Gasteiger partial charge in [-0.3, -0.25) is 4.79 Å². The van der Waals surface area contributed by atoms with Crippen LogP contribution in [0.1, 0.15) is 26.7 Å². The van der Waals surface area contributed by atoms with Crippen molar-refractivity contribution in [3.05, 3.63) is 11.6 Å². The van der Waals surface area contributed by atoms with Gasteiger partial charge in [0.1, 0.15) is 0 Å². The second-order valence-electron chi connectivity index (χ2n) is 3.06. The van der Waals surface area contributed by atoms with Crippen LogP contribution in [0.3, 0.4) is 0 Å². The van der Waals surface area contributed by atoms with Crippen molar-refractivity contribution in [1.82, 2.24) is 5.32 Å². The largest absolute Gasteiger partial charge is 0.353 e. The molecule has 1 amide bonds. The summed E-state index contributed by atoms with van der Waals surface area (Å²) in [7, 11) is 0. The maximum absolute atomic E-state index is 11.0. The minimum atomic E-state index is 0.0527. The van der Waals surface area contributed by atoms with E-state index in [0.29, 0.717) is 12.5 Å². The van der Waals surface area contributed by atoms with Gasteiger partial charge in [-0.25, -0.2) is 0 Å². The van der Waals surface area contributed by atoms with E-state index in [1.54, 1.807) is 6.08 Å². The second kappa shape index (κ2) is 3.56. The summed E-state index contributed by atoms with van der Waals surface area (Å²) < 4.78 is 0. The van der Waals surface area contributed by atoms with Crippen molar-refractivity contribution < 1.29 is 4.79 Å². The number of likely N-dealkylation sites (N-methyl/N-ethyl adjacent to an activating group) is 1. The zero-order valence-corrected chi connectivity index (χ0v) is 7.18. The van der Waals surface area contributed by atoms with E-state index in [4.69, 9.17) is 0 Å². The molecular weight excluding hydrogens is 138 g/mol. The molecule has 0 aromatic rings. The molecule has 1 aliphatic rings. The molecule has 11 heavy (non-hydrogen) atoms. The Labute approximate surface area is 67.7 Å². The van der Waals surface area contributed by atoms with Crippen LogP contribution in [-0.2, 0) is 4.79 Å². The Balaban J connectivity index is 2.35. The smallest absolute Gasteiger partial charge is 0.243 e. The van der Waals surface area contributed by atoms with Gasteiger partial charge in [0.25, 0.3) is 0 Å². The molecule has 2 nitrogen and oxygen atoms in total. The van der Waals surface area contributed by atoms with Crippen LogP contribution in [0.2, 0.25) is 0 Å². The molecule has 0 bridgehead atoms. The molecule has 1 saturated carbocycles. The molecule has 0 aromatic carbocycles. The van der Waals surface area contributed by atoms with E-state index in [9.17, 15) is 4.79 Å². The molecule has 1 N–H and O–H groups in total.